The first-order valence-electron chi connectivity index (χ1n) is 5.79. The van der Waals surface area contributed by atoms with Crippen molar-refractivity contribution in [2.45, 2.75) is 26.2 Å². The summed E-state index contributed by atoms with van der Waals surface area (Å²) in [7, 11) is 0. The SMILES string of the molecule is CC(C)c1nncn1-c1ccc(CC(=O)O)cc1. The number of rotatable bonds is 4. The normalized spacial score (nSPS) is 10.8. The summed E-state index contributed by atoms with van der Waals surface area (Å²) in [5.74, 6) is 0.349. The molecule has 0 unspecified atom stereocenters. The number of nitrogens with zero attached hydrogens (tertiary/aromatic N) is 3. The highest BCUT2D eigenvalue weighted by atomic mass is 16.4. The van der Waals surface area contributed by atoms with Crippen LogP contribution >= 0.6 is 0 Å². The fourth-order valence-corrected chi connectivity index (χ4v) is 1.79. The van der Waals surface area contributed by atoms with Gasteiger partial charge in [0.25, 0.3) is 0 Å². The lowest BCUT2D eigenvalue weighted by molar-refractivity contribution is -0.136. The van der Waals surface area contributed by atoms with Gasteiger partial charge in [-0.05, 0) is 17.7 Å². The highest BCUT2D eigenvalue weighted by molar-refractivity contribution is 5.70. The van der Waals surface area contributed by atoms with Gasteiger partial charge in [-0.3, -0.25) is 9.36 Å². The van der Waals surface area contributed by atoms with Gasteiger partial charge in [0, 0.05) is 11.6 Å². The fraction of sp³-hybridized carbons (Fsp3) is 0.308. The summed E-state index contributed by atoms with van der Waals surface area (Å²) in [6.07, 6.45) is 1.71. The molecule has 0 saturated heterocycles. The highest BCUT2D eigenvalue weighted by Gasteiger charge is 2.10. The smallest absolute Gasteiger partial charge is 0.307 e. The zero-order valence-corrected chi connectivity index (χ0v) is 10.4. The molecule has 0 fully saturated rings. The van der Waals surface area contributed by atoms with Crippen LogP contribution < -0.4 is 0 Å². The van der Waals surface area contributed by atoms with Crippen LogP contribution in [0.4, 0.5) is 0 Å². The monoisotopic (exact) mass is 245 g/mol. The van der Waals surface area contributed by atoms with Crippen LogP contribution in [0.1, 0.15) is 31.2 Å². The molecule has 0 spiro atoms. The van der Waals surface area contributed by atoms with Gasteiger partial charge in [-0.1, -0.05) is 26.0 Å². The predicted octanol–water partition coefficient (Wildman–Crippen LogP) is 2.02. The minimum absolute atomic E-state index is 0.0412. The Kier molecular flexibility index (Phi) is 3.41. The third-order valence-electron chi connectivity index (χ3n) is 2.66. The van der Waals surface area contributed by atoms with E-state index < -0.39 is 5.97 Å². The van der Waals surface area contributed by atoms with Crippen LogP contribution in [0.25, 0.3) is 5.69 Å². The van der Waals surface area contributed by atoms with Crippen LogP contribution in [-0.4, -0.2) is 25.8 Å². The topological polar surface area (TPSA) is 68.0 Å². The Morgan fingerprint density at radius 3 is 2.56 bits per heavy atom. The largest absolute Gasteiger partial charge is 0.481 e. The minimum Gasteiger partial charge on any atom is -0.481 e. The van der Waals surface area contributed by atoms with Gasteiger partial charge >= 0.3 is 5.97 Å². The van der Waals surface area contributed by atoms with Crippen LogP contribution in [0.5, 0.6) is 0 Å². The lowest BCUT2D eigenvalue weighted by Gasteiger charge is -2.09. The first kappa shape index (κ1) is 12.3. The predicted molar refractivity (Wildman–Crippen MR) is 66.8 cm³/mol. The van der Waals surface area contributed by atoms with Gasteiger partial charge in [0.15, 0.2) is 0 Å². The van der Waals surface area contributed by atoms with Gasteiger partial charge in [0.2, 0.25) is 0 Å². The molecule has 0 bridgehead atoms. The Morgan fingerprint density at radius 2 is 2.00 bits per heavy atom. The highest BCUT2D eigenvalue weighted by Crippen LogP contribution is 2.17. The Balaban J connectivity index is 2.29. The van der Waals surface area contributed by atoms with Crippen LogP contribution in [0.3, 0.4) is 0 Å². The molecule has 94 valence electrons. The maximum absolute atomic E-state index is 10.6. The summed E-state index contributed by atoms with van der Waals surface area (Å²) < 4.78 is 1.91. The molecule has 1 aromatic carbocycles. The molecule has 0 amide bonds. The molecular formula is C13H15N3O2. The van der Waals surface area contributed by atoms with E-state index in [4.69, 9.17) is 5.11 Å². The van der Waals surface area contributed by atoms with Crippen LogP contribution in [0.2, 0.25) is 0 Å². The van der Waals surface area contributed by atoms with Gasteiger partial charge in [-0.15, -0.1) is 10.2 Å². The van der Waals surface area contributed by atoms with Gasteiger partial charge in [-0.2, -0.15) is 0 Å². The summed E-state index contributed by atoms with van der Waals surface area (Å²) in [5.41, 5.74) is 1.73. The number of aliphatic carboxylic acids is 1. The maximum Gasteiger partial charge on any atom is 0.307 e. The van der Waals surface area contributed by atoms with E-state index in [0.717, 1.165) is 17.1 Å². The van der Waals surface area contributed by atoms with Crippen LogP contribution in [-0.2, 0) is 11.2 Å². The van der Waals surface area contributed by atoms with Crippen molar-refractivity contribution in [2.24, 2.45) is 0 Å². The number of carboxylic acids is 1. The van der Waals surface area contributed by atoms with Crippen molar-refractivity contribution in [1.82, 2.24) is 14.8 Å². The number of carbonyl (C=O) groups is 1. The zero-order chi connectivity index (χ0) is 13.1. The third-order valence-corrected chi connectivity index (χ3v) is 2.66. The van der Waals surface area contributed by atoms with Crippen molar-refractivity contribution < 1.29 is 9.90 Å². The molecule has 0 aliphatic carbocycles. The lowest BCUT2D eigenvalue weighted by Crippen LogP contribution is -2.03. The maximum atomic E-state index is 10.6. The van der Waals surface area contributed by atoms with E-state index in [1.54, 1.807) is 6.33 Å². The van der Waals surface area contributed by atoms with Crippen LogP contribution in [0, 0.1) is 0 Å². The molecule has 5 heteroatoms. The quantitative estimate of drug-likeness (QED) is 0.894. The first-order valence-corrected chi connectivity index (χ1v) is 5.79. The summed E-state index contributed by atoms with van der Waals surface area (Å²) in [5, 5.41) is 16.7. The molecular weight excluding hydrogens is 230 g/mol. The second-order valence-electron chi connectivity index (χ2n) is 4.45. The van der Waals surface area contributed by atoms with Gasteiger partial charge in [-0.25, -0.2) is 0 Å². The van der Waals surface area contributed by atoms with E-state index in [-0.39, 0.29) is 12.3 Å². The molecule has 0 aliphatic rings. The molecule has 2 aromatic rings. The number of benzene rings is 1. The number of hydrogen-bond acceptors (Lipinski definition) is 3. The molecule has 0 aliphatic heterocycles. The standard InChI is InChI=1S/C13H15N3O2/c1-9(2)13-15-14-8-16(13)11-5-3-10(4-6-11)7-12(17)18/h3-6,8-9H,7H2,1-2H3,(H,17,18). The molecule has 2 rings (SSSR count). The summed E-state index contributed by atoms with van der Waals surface area (Å²) in [6, 6.07) is 7.39. The van der Waals surface area contributed by atoms with Gasteiger partial charge in [0.1, 0.15) is 12.2 Å². The second kappa shape index (κ2) is 5.00. The summed E-state index contributed by atoms with van der Waals surface area (Å²) >= 11 is 0. The fourth-order valence-electron chi connectivity index (χ4n) is 1.79. The Labute approximate surface area is 105 Å². The van der Waals surface area contributed by atoms with E-state index >= 15 is 0 Å². The Hall–Kier alpha value is -2.17. The molecule has 1 aromatic heterocycles. The third kappa shape index (κ3) is 2.56. The van der Waals surface area contributed by atoms with Crippen molar-refractivity contribution in [3.63, 3.8) is 0 Å². The number of hydrogen-bond donors (Lipinski definition) is 1. The average Bonchev–Trinajstić information content (AvgIpc) is 2.78. The van der Waals surface area contributed by atoms with Gasteiger partial charge < -0.3 is 5.11 Å². The minimum atomic E-state index is -0.824. The van der Waals surface area contributed by atoms with Crippen molar-refractivity contribution in [3.8, 4) is 5.69 Å². The van der Waals surface area contributed by atoms with Crippen LogP contribution in [0.15, 0.2) is 30.6 Å². The van der Waals surface area contributed by atoms with E-state index in [1.807, 2.05) is 28.8 Å². The molecule has 1 N–H and O–H groups in total. The summed E-state index contributed by atoms with van der Waals surface area (Å²) in [4.78, 5) is 10.6. The molecule has 0 saturated carbocycles. The molecule has 18 heavy (non-hydrogen) atoms. The van der Waals surface area contributed by atoms with Crippen molar-refractivity contribution in [1.29, 1.82) is 0 Å². The second-order valence-corrected chi connectivity index (χ2v) is 4.45. The number of aromatic nitrogens is 3. The number of carboxylic acid groups (broad SMARTS) is 1. The summed E-state index contributed by atoms with van der Waals surface area (Å²) in [6.45, 7) is 4.11. The zero-order valence-electron chi connectivity index (χ0n) is 10.4. The molecule has 0 atom stereocenters. The van der Waals surface area contributed by atoms with Crippen molar-refractivity contribution in [2.75, 3.05) is 0 Å². The van der Waals surface area contributed by atoms with E-state index in [9.17, 15) is 4.79 Å². The van der Waals surface area contributed by atoms with E-state index in [2.05, 4.69) is 24.0 Å². The first-order chi connectivity index (χ1) is 8.58. The Bertz CT molecular complexity index is 544. The van der Waals surface area contributed by atoms with Crippen molar-refractivity contribution >= 4 is 5.97 Å². The van der Waals surface area contributed by atoms with E-state index in [1.165, 1.54) is 0 Å². The molecule has 1 heterocycles. The van der Waals surface area contributed by atoms with Gasteiger partial charge in [0.05, 0.1) is 6.42 Å². The lowest BCUT2D eigenvalue weighted by atomic mass is 10.1. The molecule has 5 nitrogen and oxygen atoms in total. The average molecular weight is 245 g/mol. The Morgan fingerprint density at radius 1 is 1.33 bits per heavy atom. The molecule has 0 radical (unpaired) electrons. The van der Waals surface area contributed by atoms with Crippen molar-refractivity contribution in [3.05, 3.63) is 42.0 Å². The van der Waals surface area contributed by atoms with E-state index in [0.29, 0.717) is 0 Å².